The summed E-state index contributed by atoms with van der Waals surface area (Å²) in [5, 5.41) is 7.60. The predicted octanol–water partition coefficient (Wildman–Crippen LogP) is 5.95. The lowest BCUT2D eigenvalue weighted by molar-refractivity contribution is 0.0746. The molecule has 5 rings (SSSR count). The lowest BCUT2D eigenvalue weighted by atomic mass is 9.95. The summed E-state index contributed by atoms with van der Waals surface area (Å²) in [4.78, 5) is 15.5. The third kappa shape index (κ3) is 4.32. The van der Waals surface area contributed by atoms with Gasteiger partial charge in [0.25, 0.3) is 5.91 Å². The Hall–Kier alpha value is -3.58. The third-order valence-electron chi connectivity index (χ3n) is 6.46. The molecule has 0 radical (unpaired) electrons. The first-order valence-corrected chi connectivity index (χ1v) is 12.2. The van der Waals surface area contributed by atoms with Crippen LogP contribution in [0.25, 0.3) is 11.3 Å². The van der Waals surface area contributed by atoms with E-state index in [1.807, 2.05) is 35.2 Å². The average Bonchev–Trinajstić information content (AvgIpc) is 3.42. The molecule has 1 aromatic heterocycles. The van der Waals surface area contributed by atoms with Gasteiger partial charge >= 0.3 is 0 Å². The van der Waals surface area contributed by atoms with Crippen LogP contribution in [0.5, 0.6) is 11.5 Å². The molecule has 0 saturated carbocycles. The minimum absolute atomic E-state index is 0.0424. The van der Waals surface area contributed by atoms with Crippen molar-refractivity contribution in [1.29, 1.82) is 0 Å². The van der Waals surface area contributed by atoms with Crippen LogP contribution in [-0.2, 0) is 6.42 Å². The van der Waals surface area contributed by atoms with E-state index in [2.05, 4.69) is 69.4 Å². The second-order valence-electron chi connectivity index (χ2n) is 8.62. The molecule has 3 aromatic carbocycles. The molecule has 6 nitrogen and oxygen atoms in total. The predicted molar refractivity (Wildman–Crippen MR) is 139 cm³/mol. The first-order chi connectivity index (χ1) is 17.0. The molecule has 178 valence electrons. The van der Waals surface area contributed by atoms with E-state index in [1.165, 1.54) is 5.56 Å². The van der Waals surface area contributed by atoms with Gasteiger partial charge in [-0.25, -0.2) is 0 Å². The van der Waals surface area contributed by atoms with Crippen molar-refractivity contribution in [2.45, 2.75) is 19.4 Å². The number of benzene rings is 3. The molecule has 35 heavy (non-hydrogen) atoms. The van der Waals surface area contributed by atoms with Crippen molar-refractivity contribution in [2.75, 3.05) is 20.8 Å². The minimum atomic E-state index is -0.235. The number of rotatable bonds is 7. The zero-order valence-corrected chi connectivity index (χ0v) is 21.4. The summed E-state index contributed by atoms with van der Waals surface area (Å²) < 4.78 is 11.8. The van der Waals surface area contributed by atoms with Gasteiger partial charge in [0.15, 0.2) is 11.5 Å². The highest BCUT2D eigenvalue weighted by Gasteiger charge is 2.41. The quantitative estimate of drug-likeness (QED) is 0.319. The smallest absolute Gasteiger partial charge is 0.273 e. The highest BCUT2D eigenvalue weighted by atomic mass is 79.9. The molecular formula is C28H26BrN3O3. The van der Waals surface area contributed by atoms with E-state index in [-0.39, 0.29) is 11.9 Å². The largest absolute Gasteiger partial charge is 0.493 e. The molecule has 0 aliphatic carbocycles. The van der Waals surface area contributed by atoms with Crippen LogP contribution in [0.15, 0.2) is 71.2 Å². The number of carbonyl (C=O) groups excluding carboxylic acids is 1. The van der Waals surface area contributed by atoms with Crippen LogP contribution >= 0.6 is 15.9 Å². The number of ether oxygens (including phenoxy) is 2. The van der Waals surface area contributed by atoms with E-state index in [1.54, 1.807) is 14.2 Å². The Balaban J connectivity index is 1.52. The number of hydrogen-bond acceptors (Lipinski definition) is 4. The number of hydrogen-bond donors (Lipinski definition) is 1. The first-order valence-electron chi connectivity index (χ1n) is 11.4. The van der Waals surface area contributed by atoms with Gasteiger partial charge in [-0.2, -0.15) is 5.10 Å². The Labute approximate surface area is 213 Å². The van der Waals surface area contributed by atoms with Crippen molar-refractivity contribution >= 4 is 21.8 Å². The fourth-order valence-corrected chi connectivity index (χ4v) is 4.90. The topological polar surface area (TPSA) is 67.5 Å². The number of aromatic nitrogens is 2. The molecule has 0 saturated heterocycles. The molecular weight excluding hydrogens is 506 g/mol. The maximum absolute atomic E-state index is 13.6. The number of fused-ring (bicyclic) bond motifs is 1. The summed E-state index contributed by atoms with van der Waals surface area (Å²) in [7, 11) is 3.25. The summed E-state index contributed by atoms with van der Waals surface area (Å²) in [6, 6.07) is 22.0. The Kier molecular flexibility index (Phi) is 6.34. The average molecular weight is 532 g/mol. The van der Waals surface area contributed by atoms with Crippen molar-refractivity contribution in [3.8, 4) is 22.8 Å². The van der Waals surface area contributed by atoms with Crippen LogP contribution in [0, 0.1) is 6.92 Å². The van der Waals surface area contributed by atoms with E-state index in [9.17, 15) is 4.79 Å². The Morgan fingerprint density at radius 3 is 2.37 bits per heavy atom. The zero-order chi connectivity index (χ0) is 24.5. The van der Waals surface area contributed by atoms with Crippen LogP contribution in [0.1, 0.15) is 38.8 Å². The molecule has 1 aliphatic heterocycles. The van der Waals surface area contributed by atoms with Gasteiger partial charge in [-0.1, -0.05) is 64.0 Å². The lowest BCUT2D eigenvalue weighted by Gasteiger charge is -2.26. The van der Waals surface area contributed by atoms with Crippen LogP contribution in [0.2, 0.25) is 0 Å². The number of methoxy groups -OCH3 is 2. The number of H-pyrrole nitrogens is 1. The number of halogens is 1. The van der Waals surface area contributed by atoms with E-state index in [0.29, 0.717) is 30.2 Å². The van der Waals surface area contributed by atoms with Gasteiger partial charge < -0.3 is 14.4 Å². The molecule has 4 aromatic rings. The number of nitrogens with zero attached hydrogens (tertiary/aromatic N) is 2. The third-order valence-corrected chi connectivity index (χ3v) is 6.99. The van der Waals surface area contributed by atoms with Gasteiger partial charge in [0.2, 0.25) is 0 Å². The van der Waals surface area contributed by atoms with E-state index in [0.717, 1.165) is 32.4 Å². The molecule has 0 fully saturated rings. The first kappa shape index (κ1) is 23.2. The van der Waals surface area contributed by atoms with E-state index >= 15 is 0 Å². The molecule has 0 spiro atoms. The Morgan fingerprint density at radius 1 is 0.971 bits per heavy atom. The second kappa shape index (κ2) is 9.58. The van der Waals surface area contributed by atoms with Crippen molar-refractivity contribution < 1.29 is 14.3 Å². The maximum atomic E-state index is 13.6. The molecule has 7 heteroatoms. The molecule has 1 atom stereocenters. The van der Waals surface area contributed by atoms with Crippen LogP contribution < -0.4 is 9.47 Å². The van der Waals surface area contributed by atoms with Gasteiger partial charge in [0.1, 0.15) is 5.69 Å². The van der Waals surface area contributed by atoms with Gasteiger partial charge in [-0.05, 0) is 48.7 Å². The molecule has 0 bridgehead atoms. The van der Waals surface area contributed by atoms with Gasteiger partial charge in [-0.15, -0.1) is 0 Å². The van der Waals surface area contributed by atoms with Crippen molar-refractivity contribution in [3.05, 3.63) is 99.2 Å². The van der Waals surface area contributed by atoms with E-state index < -0.39 is 0 Å². The molecule has 1 aliphatic rings. The fraction of sp³-hybridized carbons (Fsp3) is 0.214. The SMILES string of the molecule is COc1ccc(CCN2C(=O)c3[nH]nc(-c4ccc(C)cc4)c3C2c2ccc(Br)cc2)cc1OC. The second-order valence-corrected chi connectivity index (χ2v) is 9.53. The van der Waals surface area contributed by atoms with Crippen molar-refractivity contribution in [1.82, 2.24) is 15.1 Å². The highest BCUT2D eigenvalue weighted by molar-refractivity contribution is 9.10. The Bertz CT molecular complexity index is 1360. The summed E-state index contributed by atoms with van der Waals surface area (Å²) >= 11 is 3.53. The van der Waals surface area contributed by atoms with Gasteiger partial charge in [0.05, 0.1) is 26.0 Å². The van der Waals surface area contributed by atoms with Crippen LogP contribution in [0.3, 0.4) is 0 Å². The molecule has 1 amide bonds. The summed E-state index contributed by atoms with van der Waals surface area (Å²) in [6.45, 7) is 2.60. The van der Waals surface area contributed by atoms with E-state index in [4.69, 9.17) is 9.47 Å². The highest BCUT2D eigenvalue weighted by Crippen LogP contribution is 2.43. The molecule has 1 unspecified atom stereocenters. The minimum Gasteiger partial charge on any atom is -0.493 e. The zero-order valence-electron chi connectivity index (χ0n) is 19.8. The number of aromatic amines is 1. The fourth-order valence-electron chi connectivity index (χ4n) is 4.64. The summed E-state index contributed by atoms with van der Waals surface area (Å²) in [5.74, 6) is 1.32. The normalized spacial score (nSPS) is 14.8. The van der Waals surface area contributed by atoms with Crippen LogP contribution in [0.4, 0.5) is 0 Å². The van der Waals surface area contributed by atoms with Gasteiger partial charge in [0, 0.05) is 22.1 Å². The Morgan fingerprint density at radius 2 is 1.69 bits per heavy atom. The lowest BCUT2D eigenvalue weighted by Crippen LogP contribution is -2.31. The van der Waals surface area contributed by atoms with Crippen molar-refractivity contribution in [2.24, 2.45) is 0 Å². The van der Waals surface area contributed by atoms with Crippen molar-refractivity contribution in [3.63, 3.8) is 0 Å². The van der Waals surface area contributed by atoms with Crippen LogP contribution in [-0.4, -0.2) is 41.8 Å². The summed E-state index contributed by atoms with van der Waals surface area (Å²) in [6.07, 6.45) is 0.677. The van der Waals surface area contributed by atoms with Gasteiger partial charge in [-0.3, -0.25) is 9.89 Å². The summed E-state index contributed by atoms with van der Waals surface area (Å²) in [5.41, 5.74) is 6.58. The number of nitrogens with one attached hydrogen (secondary N) is 1. The molecule has 2 heterocycles. The monoisotopic (exact) mass is 531 g/mol. The molecule has 1 N–H and O–H groups in total. The number of amides is 1. The standard InChI is InChI=1S/C28H26BrN3O3/c1-17-4-7-19(8-5-17)25-24-26(31-30-25)28(33)32(27(24)20-9-11-21(29)12-10-20)15-14-18-6-13-22(34-2)23(16-18)35-3/h4-13,16,27H,14-15H2,1-3H3,(H,30,31). The number of carbonyl (C=O) groups is 1. The number of aryl methyl sites for hydroxylation is 1. The maximum Gasteiger partial charge on any atom is 0.273 e.